The summed E-state index contributed by atoms with van der Waals surface area (Å²) < 4.78 is 5.38. The summed E-state index contributed by atoms with van der Waals surface area (Å²) in [7, 11) is 0. The van der Waals surface area contributed by atoms with E-state index in [0.717, 1.165) is 5.56 Å². The Morgan fingerprint density at radius 3 is 2.21 bits per heavy atom. The molecule has 1 heterocycles. The van der Waals surface area contributed by atoms with Gasteiger partial charge in [-0.1, -0.05) is 38.1 Å². The van der Waals surface area contributed by atoms with Crippen molar-refractivity contribution in [3.8, 4) is 0 Å². The fourth-order valence-electron chi connectivity index (χ4n) is 3.00. The summed E-state index contributed by atoms with van der Waals surface area (Å²) in [5, 5.41) is 9.54. The molecule has 5 heteroatoms. The molecule has 24 heavy (non-hydrogen) atoms. The van der Waals surface area contributed by atoms with Gasteiger partial charge in [-0.25, -0.2) is 4.79 Å². The van der Waals surface area contributed by atoms with E-state index in [1.807, 2.05) is 24.3 Å². The van der Waals surface area contributed by atoms with E-state index in [2.05, 4.69) is 13.8 Å². The summed E-state index contributed by atoms with van der Waals surface area (Å²) in [6, 6.07) is 8.03. The molecule has 132 valence electrons. The van der Waals surface area contributed by atoms with Gasteiger partial charge in [0, 0.05) is 19.0 Å². The van der Waals surface area contributed by atoms with Crippen LogP contribution in [-0.2, 0) is 9.53 Å². The van der Waals surface area contributed by atoms with Gasteiger partial charge >= 0.3 is 12.1 Å². The van der Waals surface area contributed by atoms with E-state index in [1.54, 1.807) is 20.8 Å². The topological polar surface area (TPSA) is 66.8 Å². The van der Waals surface area contributed by atoms with Crippen molar-refractivity contribution in [2.45, 2.75) is 52.1 Å². The number of carboxylic acids is 1. The zero-order chi connectivity index (χ0) is 18.1. The molecule has 1 aromatic carbocycles. The number of likely N-dealkylation sites (tertiary alicyclic amines) is 1. The molecule has 1 aromatic rings. The number of rotatable bonds is 3. The quantitative estimate of drug-likeness (QED) is 0.912. The number of carboxylic acid groups (broad SMARTS) is 1. The van der Waals surface area contributed by atoms with Crippen molar-refractivity contribution in [1.29, 1.82) is 0 Å². The van der Waals surface area contributed by atoms with E-state index < -0.39 is 23.6 Å². The number of aliphatic carboxylic acids is 1. The molecule has 1 fully saturated rings. The summed E-state index contributed by atoms with van der Waals surface area (Å²) in [6.07, 6.45) is -0.449. The van der Waals surface area contributed by atoms with E-state index in [4.69, 9.17) is 4.74 Å². The fourth-order valence-corrected chi connectivity index (χ4v) is 3.00. The zero-order valence-corrected chi connectivity index (χ0v) is 15.1. The van der Waals surface area contributed by atoms with Crippen molar-refractivity contribution in [3.63, 3.8) is 0 Å². The van der Waals surface area contributed by atoms with Crippen molar-refractivity contribution >= 4 is 12.1 Å². The number of carbonyl (C=O) groups excluding carboxylic acids is 1. The van der Waals surface area contributed by atoms with Crippen molar-refractivity contribution in [3.05, 3.63) is 35.4 Å². The Morgan fingerprint density at radius 1 is 1.17 bits per heavy atom. The zero-order valence-electron chi connectivity index (χ0n) is 15.1. The third-order valence-corrected chi connectivity index (χ3v) is 4.32. The standard InChI is InChI=1S/C19H27NO4/c1-12(2)13-6-8-14(9-7-13)15-10-20(11-16(15)17(21)22)18(23)24-19(3,4)5/h6-9,12,15-16H,10-11H2,1-5H3,(H,21,22)/t15-,16+/m1/s1. The number of carbonyl (C=O) groups is 2. The molecule has 0 radical (unpaired) electrons. The van der Waals surface area contributed by atoms with Crippen LogP contribution in [0.4, 0.5) is 4.79 Å². The van der Waals surface area contributed by atoms with Crippen LogP contribution in [-0.4, -0.2) is 40.8 Å². The second-order valence-electron chi connectivity index (χ2n) is 7.76. The summed E-state index contributed by atoms with van der Waals surface area (Å²) in [6.45, 7) is 10.2. The van der Waals surface area contributed by atoms with E-state index in [-0.39, 0.29) is 12.5 Å². The van der Waals surface area contributed by atoms with E-state index >= 15 is 0 Å². The largest absolute Gasteiger partial charge is 0.481 e. The second kappa shape index (κ2) is 6.83. The maximum absolute atomic E-state index is 12.3. The van der Waals surface area contributed by atoms with Gasteiger partial charge in [0.15, 0.2) is 0 Å². The van der Waals surface area contributed by atoms with Gasteiger partial charge in [-0.15, -0.1) is 0 Å². The summed E-state index contributed by atoms with van der Waals surface area (Å²) in [5.41, 5.74) is 1.58. The average Bonchev–Trinajstić information content (AvgIpc) is 2.91. The normalized spacial score (nSPS) is 21.2. The van der Waals surface area contributed by atoms with Crippen LogP contribution < -0.4 is 0 Å². The minimum absolute atomic E-state index is 0.181. The highest BCUT2D eigenvalue weighted by molar-refractivity contribution is 5.76. The molecule has 1 aliphatic rings. The minimum Gasteiger partial charge on any atom is -0.481 e. The van der Waals surface area contributed by atoms with Crippen LogP contribution in [0.15, 0.2) is 24.3 Å². The van der Waals surface area contributed by atoms with Crippen LogP contribution >= 0.6 is 0 Å². The average molecular weight is 333 g/mol. The van der Waals surface area contributed by atoms with Crippen LogP contribution in [0.25, 0.3) is 0 Å². The lowest BCUT2D eigenvalue weighted by Gasteiger charge is -2.24. The lowest BCUT2D eigenvalue weighted by atomic mass is 9.88. The first-order valence-corrected chi connectivity index (χ1v) is 8.39. The lowest BCUT2D eigenvalue weighted by Crippen LogP contribution is -2.35. The van der Waals surface area contributed by atoms with E-state index in [1.165, 1.54) is 10.5 Å². The smallest absolute Gasteiger partial charge is 0.410 e. The number of nitrogens with zero attached hydrogens (tertiary/aromatic N) is 1. The maximum atomic E-state index is 12.3. The maximum Gasteiger partial charge on any atom is 0.410 e. The molecule has 0 aromatic heterocycles. The first-order valence-electron chi connectivity index (χ1n) is 8.39. The van der Waals surface area contributed by atoms with Gasteiger partial charge in [0.05, 0.1) is 5.92 Å². The minimum atomic E-state index is -0.876. The summed E-state index contributed by atoms with van der Waals surface area (Å²) in [5.74, 6) is -1.27. The van der Waals surface area contributed by atoms with Crippen molar-refractivity contribution < 1.29 is 19.4 Å². The fraction of sp³-hybridized carbons (Fsp3) is 0.579. The van der Waals surface area contributed by atoms with E-state index in [0.29, 0.717) is 12.5 Å². The predicted molar refractivity (Wildman–Crippen MR) is 92.2 cm³/mol. The van der Waals surface area contributed by atoms with Gasteiger partial charge in [0.2, 0.25) is 0 Å². The Morgan fingerprint density at radius 2 is 1.75 bits per heavy atom. The van der Waals surface area contributed by atoms with Crippen LogP contribution in [0.2, 0.25) is 0 Å². The van der Waals surface area contributed by atoms with Crippen LogP contribution in [0.3, 0.4) is 0 Å². The Bertz CT molecular complexity index is 601. The molecular formula is C19H27NO4. The summed E-state index contributed by atoms with van der Waals surface area (Å²) >= 11 is 0. The number of hydrogen-bond acceptors (Lipinski definition) is 3. The molecule has 0 saturated carbocycles. The van der Waals surface area contributed by atoms with Gasteiger partial charge in [-0.2, -0.15) is 0 Å². The Kier molecular flexibility index (Phi) is 5.21. The summed E-state index contributed by atoms with van der Waals surface area (Å²) in [4.78, 5) is 25.4. The molecule has 1 aliphatic heterocycles. The van der Waals surface area contributed by atoms with E-state index in [9.17, 15) is 14.7 Å². The molecule has 1 N–H and O–H groups in total. The molecule has 2 rings (SSSR count). The number of ether oxygens (including phenoxy) is 1. The van der Waals surface area contributed by atoms with Crippen molar-refractivity contribution in [2.75, 3.05) is 13.1 Å². The molecular weight excluding hydrogens is 306 g/mol. The van der Waals surface area contributed by atoms with Gasteiger partial charge < -0.3 is 14.7 Å². The predicted octanol–water partition coefficient (Wildman–Crippen LogP) is 3.85. The van der Waals surface area contributed by atoms with Crippen molar-refractivity contribution in [2.24, 2.45) is 5.92 Å². The van der Waals surface area contributed by atoms with Gasteiger partial charge in [-0.3, -0.25) is 4.79 Å². The molecule has 0 aliphatic carbocycles. The Hall–Kier alpha value is -2.04. The SMILES string of the molecule is CC(C)c1ccc([C@H]2CN(C(=O)OC(C)(C)C)C[C@@H]2C(=O)O)cc1. The number of hydrogen-bond donors (Lipinski definition) is 1. The highest BCUT2D eigenvalue weighted by Gasteiger charge is 2.41. The third kappa shape index (κ3) is 4.28. The first-order chi connectivity index (χ1) is 11.1. The van der Waals surface area contributed by atoms with Crippen LogP contribution in [0.5, 0.6) is 0 Å². The lowest BCUT2D eigenvalue weighted by molar-refractivity contribution is -0.141. The highest BCUT2D eigenvalue weighted by atomic mass is 16.6. The van der Waals surface area contributed by atoms with Crippen molar-refractivity contribution in [1.82, 2.24) is 4.90 Å². The monoisotopic (exact) mass is 333 g/mol. The van der Waals surface area contributed by atoms with Gasteiger partial charge in [0.25, 0.3) is 0 Å². The number of benzene rings is 1. The highest BCUT2D eigenvalue weighted by Crippen LogP contribution is 2.34. The molecule has 0 bridgehead atoms. The number of amides is 1. The third-order valence-electron chi connectivity index (χ3n) is 4.32. The van der Waals surface area contributed by atoms with Gasteiger partial charge in [0.1, 0.15) is 5.60 Å². The van der Waals surface area contributed by atoms with Crippen LogP contribution in [0.1, 0.15) is 57.6 Å². The molecule has 0 unspecified atom stereocenters. The van der Waals surface area contributed by atoms with Gasteiger partial charge in [-0.05, 0) is 37.8 Å². The molecule has 5 nitrogen and oxygen atoms in total. The second-order valence-corrected chi connectivity index (χ2v) is 7.76. The Labute approximate surface area is 143 Å². The first kappa shape index (κ1) is 18.3. The van der Waals surface area contributed by atoms with Crippen LogP contribution in [0, 0.1) is 5.92 Å². The molecule has 2 atom stereocenters. The molecule has 0 spiro atoms. The molecule has 1 saturated heterocycles. The Balaban J connectivity index is 2.19. The molecule has 1 amide bonds.